The lowest BCUT2D eigenvalue weighted by atomic mass is 9.69. The molecule has 3 atom stereocenters. The molecule has 0 spiro atoms. The zero-order valence-electron chi connectivity index (χ0n) is 28.9. The van der Waals surface area contributed by atoms with Gasteiger partial charge in [0.05, 0.1) is 5.56 Å². The zero-order valence-corrected chi connectivity index (χ0v) is 30.4. The molecule has 2 fully saturated rings. The lowest BCUT2D eigenvalue weighted by Crippen LogP contribution is -2.52. The Hall–Kier alpha value is -4.47. The first-order valence-corrected chi connectivity index (χ1v) is 18.9. The number of halogens is 1. The second-order valence-electron chi connectivity index (χ2n) is 14.7. The highest BCUT2D eigenvalue weighted by Crippen LogP contribution is 2.47. The Bertz CT molecular complexity index is 1980. The van der Waals surface area contributed by atoms with Gasteiger partial charge < -0.3 is 14.9 Å². The topological polar surface area (TPSA) is 93.2 Å². The van der Waals surface area contributed by atoms with Gasteiger partial charge in [-0.05, 0) is 125 Å². The second-order valence-corrected chi connectivity index (χ2v) is 15.5. The summed E-state index contributed by atoms with van der Waals surface area (Å²) in [6.45, 7) is 3.10. The van der Waals surface area contributed by atoms with Crippen molar-refractivity contribution in [3.63, 3.8) is 0 Å². The number of rotatable bonds is 7. The summed E-state index contributed by atoms with van der Waals surface area (Å²) in [5, 5.41) is 12.6. The quantitative estimate of drug-likeness (QED) is 0.201. The number of fused-ring (bicyclic) bond motifs is 2. The van der Waals surface area contributed by atoms with E-state index in [1.165, 1.54) is 27.9 Å². The van der Waals surface area contributed by atoms with Gasteiger partial charge in [-0.1, -0.05) is 54.6 Å². The molecule has 1 unspecified atom stereocenters. The molecule has 262 valence electrons. The summed E-state index contributed by atoms with van der Waals surface area (Å²) >= 11 is 3.65. The van der Waals surface area contributed by atoms with Crippen LogP contribution in [-0.2, 0) is 29.1 Å². The highest BCUT2D eigenvalue weighted by molar-refractivity contribution is 9.10. The summed E-state index contributed by atoms with van der Waals surface area (Å²) in [5.74, 6) is 0.132. The highest BCUT2D eigenvalue weighted by atomic mass is 79.9. The van der Waals surface area contributed by atoms with Crippen molar-refractivity contribution in [3.05, 3.63) is 128 Å². The first-order chi connectivity index (χ1) is 24.7. The summed E-state index contributed by atoms with van der Waals surface area (Å²) in [5.41, 5.74) is 9.18. The molecule has 9 heteroatoms. The number of carbonyl (C=O) groups is 3. The smallest absolute Gasteiger partial charge is 0.256 e. The number of anilines is 1. The van der Waals surface area contributed by atoms with Crippen LogP contribution in [0.3, 0.4) is 0 Å². The van der Waals surface area contributed by atoms with E-state index in [2.05, 4.69) is 105 Å². The predicted octanol–water partition coefficient (Wildman–Crippen LogP) is 6.88. The summed E-state index contributed by atoms with van der Waals surface area (Å²) in [6, 6.07) is 29.9. The highest BCUT2D eigenvalue weighted by Gasteiger charge is 2.40. The molecule has 2 saturated heterocycles. The number of aryl methyl sites for hydroxylation is 1. The molecular weight excluding hydrogens is 704 g/mol. The van der Waals surface area contributed by atoms with Crippen molar-refractivity contribution < 1.29 is 19.5 Å². The predicted molar refractivity (Wildman–Crippen MR) is 201 cm³/mol. The summed E-state index contributed by atoms with van der Waals surface area (Å²) in [4.78, 5) is 44.0. The van der Waals surface area contributed by atoms with E-state index in [0.29, 0.717) is 36.2 Å². The van der Waals surface area contributed by atoms with Gasteiger partial charge in [0.15, 0.2) is 0 Å². The second kappa shape index (κ2) is 13.9. The van der Waals surface area contributed by atoms with E-state index in [0.717, 1.165) is 60.9 Å². The number of aromatic hydroxyl groups is 1. The molecule has 8 rings (SSSR count). The van der Waals surface area contributed by atoms with Crippen LogP contribution in [-0.4, -0.2) is 64.8 Å². The fourth-order valence-corrected chi connectivity index (χ4v) is 9.68. The largest absolute Gasteiger partial charge is 0.508 e. The van der Waals surface area contributed by atoms with Crippen LogP contribution in [0.15, 0.2) is 89.4 Å². The molecule has 8 nitrogen and oxygen atoms in total. The number of phenols is 1. The first kappa shape index (κ1) is 33.7. The van der Waals surface area contributed by atoms with E-state index < -0.39 is 6.04 Å². The fraction of sp³-hybridized carbons (Fsp3) is 0.357. The minimum atomic E-state index is -0.618. The SMILES string of the molecule is CN(Cc1cc(Br)c2c(c1)CN(C1CCC(=O)NC1=O)C2=O)C1CCN(c2ccc([C@@H]3c4ccc(O)cc4CC[C@@H]3c3ccccc3)cc2)CC1. The van der Waals surface area contributed by atoms with E-state index in [1.807, 2.05) is 18.2 Å². The molecular formula is C42H43BrN4O4. The van der Waals surface area contributed by atoms with Crippen molar-refractivity contribution in [2.24, 2.45) is 0 Å². The molecule has 4 aliphatic rings. The van der Waals surface area contributed by atoms with Crippen LogP contribution < -0.4 is 10.2 Å². The molecule has 3 heterocycles. The van der Waals surface area contributed by atoms with Crippen LogP contribution in [0.1, 0.15) is 87.7 Å². The molecule has 3 amide bonds. The van der Waals surface area contributed by atoms with Crippen LogP contribution >= 0.6 is 15.9 Å². The van der Waals surface area contributed by atoms with Crippen molar-refractivity contribution >= 4 is 39.3 Å². The number of benzene rings is 4. The van der Waals surface area contributed by atoms with Crippen LogP contribution in [0.25, 0.3) is 0 Å². The number of phenolic OH excluding ortho intramolecular Hbond substituents is 1. The van der Waals surface area contributed by atoms with Crippen molar-refractivity contribution in [2.75, 3.05) is 25.0 Å². The van der Waals surface area contributed by atoms with Crippen LogP contribution in [0.2, 0.25) is 0 Å². The van der Waals surface area contributed by atoms with Crippen LogP contribution in [0.5, 0.6) is 5.75 Å². The fourth-order valence-electron chi connectivity index (χ4n) is 8.96. The van der Waals surface area contributed by atoms with Gasteiger partial charge in [-0.3, -0.25) is 24.6 Å². The van der Waals surface area contributed by atoms with E-state index in [4.69, 9.17) is 0 Å². The van der Waals surface area contributed by atoms with Crippen molar-refractivity contribution in [1.29, 1.82) is 0 Å². The van der Waals surface area contributed by atoms with Crippen molar-refractivity contribution in [2.45, 2.75) is 75.5 Å². The molecule has 4 aromatic carbocycles. The number of carbonyl (C=O) groups excluding carboxylic acids is 3. The van der Waals surface area contributed by atoms with Gasteiger partial charge in [0.25, 0.3) is 5.91 Å². The molecule has 0 radical (unpaired) electrons. The first-order valence-electron chi connectivity index (χ1n) is 18.1. The number of imide groups is 1. The summed E-state index contributed by atoms with van der Waals surface area (Å²) < 4.78 is 0.756. The van der Waals surface area contributed by atoms with E-state index in [9.17, 15) is 19.5 Å². The van der Waals surface area contributed by atoms with Gasteiger partial charge in [-0.15, -0.1) is 0 Å². The third-order valence-corrected chi connectivity index (χ3v) is 12.2. The zero-order chi connectivity index (χ0) is 35.2. The van der Waals surface area contributed by atoms with Gasteiger partial charge >= 0.3 is 0 Å². The maximum Gasteiger partial charge on any atom is 0.256 e. The Labute approximate surface area is 307 Å². The van der Waals surface area contributed by atoms with Crippen molar-refractivity contribution in [3.8, 4) is 5.75 Å². The molecule has 0 aromatic heterocycles. The number of piperidine rings is 2. The number of nitrogens with zero attached hydrogens (tertiary/aromatic N) is 3. The van der Waals surface area contributed by atoms with E-state index in [1.54, 1.807) is 4.90 Å². The number of hydrogen-bond acceptors (Lipinski definition) is 6. The van der Waals surface area contributed by atoms with Crippen LogP contribution in [0.4, 0.5) is 5.69 Å². The Morgan fingerprint density at radius 2 is 1.61 bits per heavy atom. The Morgan fingerprint density at radius 3 is 2.35 bits per heavy atom. The minimum absolute atomic E-state index is 0.161. The Balaban J connectivity index is 0.915. The standard InChI is InChI=1S/C42H43BrN4O4/c1-45(24-26-21-30-25-47(42(51)40(30)36(43)22-26)37-15-16-38(49)44-41(37)50)31-17-19-46(20-18-31)32-10-7-28(8-11-32)39-34(27-5-3-2-4-6-27)13-9-29-23-33(48)12-14-35(29)39/h2-8,10-12,14,21-23,31,34,37,39,48H,9,13,15-20,24-25H2,1H3,(H,44,49,50)/t34-,37?,39+/m1/s1. The normalized spacial score (nSPS) is 22.3. The van der Waals surface area contributed by atoms with Gasteiger partial charge in [-0.2, -0.15) is 0 Å². The molecule has 0 saturated carbocycles. The monoisotopic (exact) mass is 746 g/mol. The molecule has 1 aliphatic carbocycles. The van der Waals surface area contributed by atoms with Gasteiger partial charge in [0.1, 0.15) is 11.8 Å². The Morgan fingerprint density at radius 1 is 0.843 bits per heavy atom. The molecule has 2 N–H and O–H groups in total. The number of nitrogens with one attached hydrogen (secondary N) is 1. The molecule has 4 aromatic rings. The average molecular weight is 748 g/mol. The molecule has 3 aliphatic heterocycles. The van der Waals surface area contributed by atoms with Gasteiger partial charge in [-0.25, -0.2) is 0 Å². The number of amides is 3. The third-order valence-electron chi connectivity index (χ3n) is 11.6. The minimum Gasteiger partial charge on any atom is -0.508 e. The summed E-state index contributed by atoms with van der Waals surface area (Å²) in [7, 11) is 2.18. The number of hydrogen-bond donors (Lipinski definition) is 2. The lowest BCUT2D eigenvalue weighted by molar-refractivity contribution is -0.136. The summed E-state index contributed by atoms with van der Waals surface area (Å²) in [6.07, 6.45) is 4.73. The molecule has 0 bridgehead atoms. The lowest BCUT2D eigenvalue weighted by Gasteiger charge is -2.38. The van der Waals surface area contributed by atoms with Crippen molar-refractivity contribution in [1.82, 2.24) is 15.1 Å². The average Bonchev–Trinajstić information content (AvgIpc) is 3.47. The van der Waals surface area contributed by atoms with E-state index >= 15 is 0 Å². The maximum atomic E-state index is 13.3. The van der Waals surface area contributed by atoms with Gasteiger partial charge in [0.2, 0.25) is 11.8 Å². The van der Waals surface area contributed by atoms with Gasteiger partial charge in [0, 0.05) is 54.7 Å². The van der Waals surface area contributed by atoms with E-state index in [-0.39, 0.29) is 30.1 Å². The Kier molecular flexibility index (Phi) is 9.19. The maximum absolute atomic E-state index is 13.3. The van der Waals surface area contributed by atoms with Crippen LogP contribution in [0, 0.1) is 0 Å². The molecule has 51 heavy (non-hydrogen) atoms. The third kappa shape index (κ3) is 6.58.